The second kappa shape index (κ2) is 11.9. The van der Waals surface area contributed by atoms with Crippen molar-refractivity contribution in [2.24, 2.45) is 11.5 Å². The predicted molar refractivity (Wildman–Crippen MR) is 82.8 cm³/mol. The number of aliphatic carboxylic acids is 2. The molecule has 136 valence electrons. The van der Waals surface area contributed by atoms with E-state index in [-0.39, 0.29) is 6.42 Å². The van der Waals surface area contributed by atoms with Gasteiger partial charge in [-0.25, -0.2) is 4.79 Å². The van der Waals surface area contributed by atoms with Crippen LogP contribution in [0.15, 0.2) is 25.3 Å². The highest BCUT2D eigenvalue weighted by atomic mass is 16.5. The number of hydrogen-bond donors (Lipinski definition) is 5. The van der Waals surface area contributed by atoms with Crippen LogP contribution in [-0.2, 0) is 23.9 Å². The van der Waals surface area contributed by atoms with Crippen molar-refractivity contribution in [2.45, 2.75) is 37.6 Å². The largest absolute Gasteiger partial charge is 0.480 e. The third-order valence-electron chi connectivity index (χ3n) is 2.60. The van der Waals surface area contributed by atoms with Gasteiger partial charge in [0, 0.05) is 12.5 Å². The van der Waals surface area contributed by atoms with Crippen molar-refractivity contribution >= 4 is 23.7 Å². The first-order chi connectivity index (χ1) is 11.0. The zero-order valence-corrected chi connectivity index (χ0v) is 13.1. The molecule has 7 N–H and O–H groups in total. The van der Waals surface area contributed by atoms with Crippen molar-refractivity contribution in [3.63, 3.8) is 0 Å². The van der Waals surface area contributed by atoms with Gasteiger partial charge in [0.15, 0.2) is 5.78 Å². The van der Waals surface area contributed by atoms with Gasteiger partial charge in [-0.3, -0.25) is 14.4 Å². The van der Waals surface area contributed by atoms with Crippen LogP contribution in [0, 0.1) is 0 Å². The molecule has 0 aromatic heterocycles. The Labute approximate surface area is 138 Å². The third-order valence-corrected chi connectivity index (χ3v) is 2.60. The Morgan fingerprint density at radius 1 is 1.04 bits per heavy atom. The Morgan fingerprint density at radius 3 is 1.83 bits per heavy atom. The number of carboxylic acid groups (broad SMARTS) is 2. The minimum Gasteiger partial charge on any atom is -0.480 e. The quantitative estimate of drug-likeness (QED) is 0.240. The van der Waals surface area contributed by atoms with E-state index in [0.29, 0.717) is 0 Å². The fraction of sp³-hybridized carbons (Fsp3) is 0.429. The number of ketones is 1. The summed E-state index contributed by atoms with van der Waals surface area (Å²) in [5.41, 5.74) is 10.2. The van der Waals surface area contributed by atoms with Crippen LogP contribution in [0.2, 0.25) is 0 Å². The van der Waals surface area contributed by atoms with Crippen molar-refractivity contribution in [1.29, 1.82) is 0 Å². The van der Waals surface area contributed by atoms with Crippen molar-refractivity contribution < 1.29 is 39.2 Å². The topological polar surface area (TPSA) is 190 Å². The number of ether oxygens (including phenoxy) is 1. The van der Waals surface area contributed by atoms with Gasteiger partial charge in [0.05, 0.1) is 6.10 Å². The van der Waals surface area contributed by atoms with Crippen LogP contribution in [0.1, 0.15) is 13.3 Å². The number of aliphatic hydroxyl groups excluding tert-OH is 1. The maximum absolute atomic E-state index is 10.6. The second-order valence-corrected chi connectivity index (χ2v) is 4.52. The van der Waals surface area contributed by atoms with Crippen molar-refractivity contribution in [2.75, 3.05) is 0 Å². The van der Waals surface area contributed by atoms with E-state index in [9.17, 15) is 19.2 Å². The third kappa shape index (κ3) is 10.2. The van der Waals surface area contributed by atoms with E-state index in [1.165, 1.54) is 6.92 Å². The van der Waals surface area contributed by atoms with Gasteiger partial charge in [-0.1, -0.05) is 13.2 Å². The van der Waals surface area contributed by atoms with Crippen LogP contribution in [-0.4, -0.2) is 63.3 Å². The number of hydrogen-bond acceptors (Lipinski definition) is 8. The molecule has 10 nitrogen and oxygen atoms in total. The normalized spacial score (nSPS) is 14.7. The summed E-state index contributed by atoms with van der Waals surface area (Å²) in [6.07, 6.45) is -0.555. The summed E-state index contributed by atoms with van der Waals surface area (Å²) < 4.78 is 4.56. The molecule has 0 saturated carbocycles. The molecule has 0 rings (SSSR count). The van der Waals surface area contributed by atoms with Gasteiger partial charge in [0.2, 0.25) is 0 Å². The Bertz CT molecular complexity index is 447. The van der Waals surface area contributed by atoms with E-state index < -0.39 is 48.0 Å². The molecular formula is C14H22N2O8. The standard InChI is InChI=1S/2C7H11NO4/c1-3-5(9)12-4(2)6(8)7(10)11;1-2-4(9)3-5(10)6(8)7(11)12/h3-4,6H,1,8H2,2H3,(H,10,11);2,5-6,10H,1,3,8H2,(H,11,12)/t4?,6-;5-,6-/m00/s1. The first kappa shape index (κ1) is 23.7. The summed E-state index contributed by atoms with van der Waals surface area (Å²) in [4.78, 5) is 41.6. The highest BCUT2D eigenvalue weighted by Gasteiger charge is 2.23. The lowest BCUT2D eigenvalue weighted by Gasteiger charge is -2.15. The Morgan fingerprint density at radius 2 is 1.50 bits per heavy atom. The van der Waals surface area contributed by atoms with Gasteiger partial charge in [-0.05, 0) is 13.0 Å². The Kier molecular flexibility index (Phi) is 11.8. The van der Waals surface area contributed by atoms with Crippen LogP contribution in [0.5, 0.6) is 0 Å². The summed E-state index contributed by atoms with van der Waals surface area (Å²) >= 11 is 0. The van der Waals surface area contributed by atoms with Crippen LogP contribution >= 0.6 is 0 Å². The lowest BCUT2D eigenvalue weighted by molar-refractivity contribution is -0.149. The van der Waals surface area contributed by atoms with Gasteiger partial charge in [0.25, 0.3) is 0 Å². The lowest BCUT2D eigenvalue weighted by Crippen LogP contribution is -2.42. The molecule has 0 aliphatic heterocycles. The highest BCUT2D eigenvalue weighted by molar-refractivity contribution is 5.90. The zero-order chi connectivity index (χ0) is 19.4. The summed E-state index contributed by atoms with van der Waals surface area (Å²) in [6.45, 7) is 7.73. The zero-order valence-electron chi connectivity index (χ0n) is 13.1. The summed E-state index contributed by atoms with van der Waals surface area (Å²) in [6, 6.07) is -2.62. The first-order valence-electron chi connectivity index (χ1n) is 6.61. The molecule has 24 heavy (non-hydrogen) atoms. The maximum Gasteiger partial charge on any atom is 0.330 e. The second-order valence-electron chi connectivity index (χ2n) is 4.52. The predicted octanol–water partition coefficient (Wildman–Crippen LogP) is -1.58. The van der Waals surface area contributed by atoms with Crippen molar-refractivity contribution in [3.8, 4) is 0 Å². The number of aliphatic hydroxyl groups is 1. The number of carboxylic acids is 2. The van der Waals surface area contributed by atoms with Gasteiger partial charge in [-0.2, -0.15) is 0 Å². The fourth-order valence-corrected chi connectivity index (χ4v) is 1.09. The fourth-order valence-electron chi connectivity index (χ4n) is 1.09. The molecule has 4 atom stereocenters. The minimum absolute atomic E-state index is 0.309. The average Bonchev–Trinajstić information content (AvgIpc) is 2.52. The molecular weight excluding hydrogens is 324 g/mol. The van der Waals surface area contributed by atoms with E-state index >= 15 is 0 Å². The molecule has 0 aliphatic carbocycles. The summed E-state index contributed by atoms with van der Waals surface area (Å²) in [5.74, 6) is -3.66. The molecule has 0 amide bonds. The average molecular weight is 346 g/mol. The molecule has 0 heterocycles. The summed E-state index contributed by atoms with van der Waals surface area (Å²) in [7, 11) is 0. The molecule has 0 aromatic rings. The first-order valence-corrected chi connectivity index (χ1v) is 6.61. The molecule has 0 spiro atoms. The van der Waals surface area contributed by atoms with Crippen LogP contribution in [0.4, 0.5) is 0 Å². The number of rotatable bonds is 9. The molecule has 10 heteroatoms. The smallest absolute Gasteiger partial charge is 0.330 e. The number of carbonyl (C=O) groups is 4. The number of esters is 1. The molecule has 0 saturated heterocycles. The SMILES string of the molecule is C=CC(=O)C[C@H](O)[C@H](N)C(=O)O.C=CC(=O)OC(C)[C@H](N)C(=O)O. The Balaban J connectivity index is 0. The van der Waals surface area contributed by atoms with Gasteiger partial charge in [-0.15, -0.1) is 0 Å². The Hall–Kier alpha value is -2.56. The van der Waals surface area contributed by atoms with Gasteiger partial charge >= 0.3 is 17.9 Å². The van der Waals surface area contributed by atoms with Crippen LogP contribution in [0.3, 0.4) is 0 Å². The van der Waals surface area contributed by atoms with Crippen molar-refractivity contribution in [1.82, 2.24) is 0 Å². The number of carbonyl (C=O) groups excluding carboxylic acids is 2. The van der Waals surface area contributed by atoms with E-state index in [1.54, 1.807) is 0 Å². The van der Waals surface area contributed by atoms with E-state index in [2.05, 4.69) is 17.9 Å². The minimum atomic E-state index is -1.42. The highest BCUT2D eigenvalue weighted by Crippen LogP contribution is 1.98. The molecule has 0 bridgehead atoms. The van der Waals surface area contributed by atoms with E-state index in [1.807, 2.05) is 0 Å². The van der Waals surface area contributed by atoms with Crippen molar-refractivity contribution in [3.05, 3.63) is 25.3 Å². The molecule has 1 unspecified atom stereocenters. The molecule has 0 radical (unpaired) electrons. The monoisotopic (exact) mass is 346 g/mol. The summed E-state index contributed by atoms with van der Waals surface area (Å²) in [5, 5.41) is 25.7. The van der Waals surface area contributed by atoms with Gasteiger partial charge < -0.3 is 31.5 Å². The number of nitrogens with two attached hydrogens (primary N) is 2. The molecule has 0 fully saturated rings. The van der Waals surface area contributed by atoms with E-state index in [4.69, 9.17) is 26.8 Å². The lowest BCUT2D eigenvalue weighted by atomic mass is 10.1. The maximum atomic E-state index is 10.6. The molecule has 0 aliphatic rings. The van der Waals surface area contributed by atoms with Crippen LogP contribution < -0.4 is 11.5 Å². The van der Waals surface area contributed by atoms with Gasteiger partial charge in [0.1, 0.15) is 18.2 Å². The molecule has 0 aromatic carbocycles. The number of allylic oxidation sites excluding steroid dienone is 1. The van der Waals surface area contributed by atoms with E-state index in [0.717, 1.165) is 12.2 Å². The van der Waals surface area contributed by atoms with Crippen LogP contribution in [0.25, 0.3) is 0 Å².